The van der Waals surface area contributed by atoms with Crippen molar-refractivity contribution in [3.8, 4) is 0 Å². The Balaban J connectivity index is 1.61. The Morgan fingerprint density at radius 1 is 1.50 bits per heavy atom. The molecule has 3 N–H and O–H groups in total. The number of primary amides is 1. The zero-order valence-corrected chi connectivity index (χ0v) is 10.6. The number of hydrogen-bond acceptors (Lipinski definition) is 5. The molecule has 0 saturated carbocycles. The average Bonchev–Trinajstić information content (AvgIpc) is 3.01. The molecule has 1 amide bonds. The predicted molar refractivity (Wildman–Crippen MR) is 69.5 cm³/mol. The van der Waals surface area contributed by atoms with Gasteiger partial charge in [0.25, 0.3) is 6.01 Å². The quantitative estimate of drug-likeness (QED) is 0.883. The monoisotopic (exact) mass is 279 g/mol. The first kappa shape index (κ1) is 12.9. The highest BCUT2D eigenvalue weighted by Crippen LogP contribution is 2.22. The summed E-state index contributed by atoms with van der Waals surface area (Å²) in [5, 5.41) is 2.98. The van der Waals surface area contributed by atoms with E-state index in [9.17, 15) is 9.18 Å². The van der Waals surface area contributed by atoms with Gasteiger partial charge in [-0.2, -0.15) is 4.98 Å². The Morgan fingerprint density at radius 2 is 2.35 bits per heavy atom. The van der Waals surface area contributed by atoms with E-state index in [-0.39, 0.29) is 11.9 Å². The van der Waals surface area contributed by atoms with Gasteiger partial charge in [-0.1, -0.05) is 0 Å². The number of oxazole rings is 1. The van der Waals surface area contributed by atoms with Crippen LogP contribution in [0.5, 0.6) is 0 Å². The Morgan fingerprint density at radius 3 is 3.10 bits per heavy atom. The standard InChI is InChI=1S/C13H14FN3O3/c14-7-1-3-10-9(5-7)17-13(20-10)16-6-8-2-4-11(19-8)12(15)18/h1,3,5,8,11H,2,4,6H2,(H2,15,18)(H,16,17). The van der Waals surface area contributed by atoms with E-state index in [1.165, 1.54) is 18.2 Å². The molecule has 3 rings (SSSR count). The third-order valence-corrected chi connectivity index (χ3v) is 3.26. The van der Waals surface area contributed by atoms with E-state index in [1.807, 2.05) is 0 Å². The van der Waals surface area contributed by atoms with Crippen LogP contribution in [0.2, 0.25) is 0 Å². The van der Waals surface area contributed by atoms with Crippen molar-refractivity contribution in [2.24, 2.45) is 5.73 Å². The molecule has 0 bridgehead atoms. The second kappa shape index (κ2) is 5.09. The second-order valence-electron chi connectivity index (χ2n) is 4.74. The highest BCUT2D eigenvalue weighted by molar-refractivity contribution is 5.79. The van der Waals surface area contributed by atoms with Crippen LogP contribution in [0, 0.1) is 5.82 Å². The van der Waals surface area contributed by atoms with Crippen molar-refractivity contribution in [1.82, 2.24) is 4.98 Å². The van der Waals surface area contributed by atoms with Crippen molar-refractivity contribution in [2.75, 3.05) is 11.9 Å². The molecule has 1 aromatic carbocycles. The van der Waals surface area contributed by atoms with Crippen LogP contribution < -0.4 is 11.1 Å². The Hall–Kier alpha value is -2.15. The summed E-state index contributed by atoms with van der Waals surface area (Å²) < 4.78 is 23.9. The number of aromatic nitrogens is 1. The smallest absolute Gasteiger partial charge is 0.295 e. The number of nitrogens with two attached hydrogens (primary N) is 1. The molecule has 6 nitrogen and oxygen atoms in total. The molecule has 1 saturated heterocycles. The summed E-state index contributed by atoms with van der Waals surface area (Å²) in [5.74, 6) is -0.800. The molecule has 1 fully saturated rings. The summed E-state index contributed by atoms with van der Waals surface area (Å²) in [7, 11) is 0. The van der Waals surface area contributed by atoms with Crippen molar-refractivity contribution in [3.63, 3.8) is 0 Å². The first-order valence-corrected chi connectivity index (χ1v) is 6.36. The van der Waals surface area contributed by atoms with Gasteiger partial charge in [0.05, 0.1) is 6.10 Å². The maximum atomic E-state index is 13.0. The van der Waals surface area contributed by atoms with Gasteiger partial charge in [0, 0.05) is 12.6 Å². The van der Waals surface area contributed by atoms with Gasteiger partial charge in [0.15, 0.2) is 5.58 Å². The van der Waals surface area contributed by atoms with Gasteiger partial charge >= 0.3 is 0 Å². The molecule has 0 aliphatic carbocycles. The second-order valence-corrected chi connectivity index (χ2v) is 4.74. The maximum Gasteiger partial charge on any atom is 0.295 e. The summed E-state index contributed by atoms with van der Waals surface area (Å²) in [6, 6.07) is 4.45. The van der Waals surface area contributed by atoms with Crippen LogP contribution in [0.15, 0.2) is 22.6 Å². The SMILES string of the molecule is NC(=O)C1CCC(CNc2nc3cc(F)ccc3o2)O1. The zero-order chi connectivity index (χ0) is 14.1. The molecular weight excluding hydrogens is 265 g/mol. The number of carbonyl (C=O) groups is 1. The minimum Gasteiger partial charge on any atom is -0.424 e. The third-order valence-electron chi connectivity index (χ3n) is 3.26. The Bertz CT molecular complexity index is 643. The molecule has 1 aromatic heterocycles. The Kier molecular flexibility index (Phi) is 3.27. The van der Waals surface area contributed by atoms with E-state index in [4.69, 9.17) is 14.9 Å². The first-order chi connectivity index (χ1) is 9.61. The number of fused-ring (bicyclic) bond motifs is 1. The van der Waals surface area contributed by atoms with Crippen molar-refractivity contribution < 1.29 is 18.3 Å². The molecule has 0 spiro atoms. The van der Waals surface area contributed by atoms with Crippen LogP contribution in [0.1, 0.15) is 12.8 Å². The summed E-state index contributed by atoms with van der Waals surface area (Å²) in [6.45, 7) is 0.457. The largest absolute Gasteiger partial charge is 0.424 e. The maximum absolute atomic E-state index is 13.0. The van der Waals surface area contributed by atoms with Crippen LogP contribution in [-0.4, -0.2) is 29.6 Å². The number of benzene rings is 1. The lowest BCUT2D eigenvalue weighted by Gasteiger charge is -2.11. The first-order valence-electron chi connectivity index (χ1n) is 6.36. The molecule has 2 unspecified atom stereocenters. The summed E-state index contributed by atoms with van der Waals surface area (Å²) in [5.41, 5.74) is 6.15. The van der Waals surface area contributed by atoms with Gasteiger partial charge in [-0.25, -0.2) is 4.39 Å². The normalized spacial score (nSPS) is 22.2. The lowest BCUT2D eigenvalue weighted by molar-refractivity contribution is -0.128. The third kappa shape index (κ3) is 2.57. The number of halogens is 1. The average molecular weight is 279 g/mol. The molecule has 7 heteroatoms. The Labute approximate surface area is 114 Å². The molecule has 2 aromatic rings. The van der Waals surface area contributed by atoms with Crippen molar-refractivity contribution in [2.45, 2.75) is 25.0 Å². The van der Waals surface area contributed by atoms with E-state index in [0.717, 1.165) is 6.42 Å². The van der Waals surface area contributed by atoms with Gasteiger partial charge in [0.1, 0.15) is 17.4 Å². The number of carbonyl (C=O) groups excluding carboxylic acids is 1. The predicted octanol–water partition coefficient (Wildman–Crippen LogP) is 1.41. The van der Waals surface area contributed by atoms with Crippen molar-refractivity contribution in [3.05, 3.63) is 24.0 Å². The summed E-state index contributed by atoms with van der Waals surface area (Å²) >= 11 is 0. The number of hydrogen-bond donors (Lipinski definition) is 2. The van der Waals surface area contributed by atoms with E-state index >= 15 is 0 Å². The fraction of sp³-hybridized carbons (Fsp3) is 0.385. The number of ether oxygens (including phenoxy) is 1. The highest BCUT2D eigenvalue weighted by atomic mass is 19.1. The lowest BCUT2D eigenvalue weighted by Crippen LogP contribution is -2.30. The molecule has 0 radical (unpaired) electrons. The van der Waals surface area contributed by atoms with Gasteiger partial charge < -0.3 is 20.2 Å². The number of anilines is 1. The number of amides is 1. The van der Waals surface area contributed by atoms with Crippen molar-refractivity contribution in [1.29, 1.82) is 0 Å². The molecule has 2 heterocycles. The van der Waals surface area contributed by atoms with Crippen molar-refractivity contribution >= 4 is 23.0 Å². The number of nitrogens with one attached hydrogen (secondary N) is 1. The van der Waals surface area contributed by atoms with E-state index in [2.05, 4.69) is 10.3 Å². The summed E-state index contributed by atoms with van der Waals surface area (Å²) in [6.07, 6.45) is 0.745. The van der Waals surface area contributed by atoms with Crippen LogP contribution in [0.4, 0.5) is 10.4 Å². The van der Waals surface area contributed by atoms with Crippen LogP contribution in [0.3, 0.4) is 0 Å². The van der Waals surface area contributed by atoms with E-state index < -0.39 is 12.0 Å². The zero-order valence-electron chi connectivity index (χ0n) is 10.6. The van der Waals surface area contributed by atoms with Gasteiger partial charge in [0.2, 0.25) is 5.91 Å². The minimum atomic E-state index is -0.514. The molecular formula is C13H14FN3O3. The van der Waals surface area contributed by atoms with E-state index in [0.29, 0.717) is 30.1 Å². The molecule has 20 heavy (non-hydrogen) atoms. The van der Waals surface area contributed by atoms with E-state index in [1.54, 1.807) is 0 Å². The fourth-order valence-corrected chi connectivity index (χ4v) is 2.24. The number of rotatable bonds is 4. The molecule has 2 atom stereocenters. The van der Waals surface area contributed by atoms with Gasteiger partial charge in [-0.3, -0.25) is 4.79 Å². The topological polar surface area (TPSA) is 90.4 Å². The highest BCUT2D eigenvalue weighted by Gasteiger charge is 2.29. The summed E-state index contributed by atoms with van der Waals surface area (Å²) in [4.78, 5) is 15.1. The van der Waals surface area contributed by atoms with Crippen LogP contribution in [-0.2, 0) is 9.53 Å². The lowest BCUT2D eigenvalue weighted by atomic mass is 10.2. The molecule has 1 aliphatic heterocycles. The fourth-order valence-electron chi connectivity index (χ4n) is 2.24. The minimum absolute atomic E-state index is 0.112. The van der Waals surface area contributed by atoms with Crippen LogP contribution >= 0.6 is 0 Å². The number of nitrogens with zero attached hydrogens (tertiary/aromatic N) is 1. The molecule has 106 valence electrons. The molecule has 1 aliphatic rings. The van der Waals surface area contributed by atoms with Crippen LogP contribution in [0.25, 0.3) is 11.1 Å². The van der Waals surface area contributed by atoms with Gasteiger partial charge in [-0.15, -0.1) is 0 Å². The van der Waals surface area contributed by atoms with Gasteiger partial charge in [-0.05, 0) is 25.0 Å².